The van der Waals surface area contributed by atoms with Gasteiger partial charge in [-0.25, -0.2) is 18.4 Å². The Hall–Kier alpha value is -1.79. The van der Waals surface area contributed by atoms with Gasteiger partial charge in [0.1, 0.15) is 0 Å². The van der Waals surface area contributed by atoms with Crippen LogP contribution in [0.3, 0.4) is 0 Å². The maximum Gasteiger partial charge on any atom is 0.279 e. The standard InChI is InChI=1S/C13H11ClN2O3S/c1-8-11(9(2)17)13(20(14,18)19)16-12(15-8)10-6-4-3-5-7-10/h3-7H,1-2H3. The first kappa shape index (κ1) is 14.6. The van der Waals surface area contributed by atoms with Crippen LogP contribution in [-0.2, 0) is 9.05 Å². The lowest BCUT2D eigenvalue weighted by Crippen LogP contribution is -2.11. The molecule has 0 radical (unpaired) electrons. The molecule has 0 aliphatic rings. The van der Waals surface area contributed by atoms with Gasteiger partial charge in [-0.1, -0.05) is 30.3 Å². The minimum absolute atomic E-state index is 0.0697. The molecule has 2 aromatic rings. The molecule has 1 heterocycles. The fourth-order valence-corrected chi connectivity index (χ4v) is 2.91. The molecule has 0 aliphatic heterocycles. The van der Waals surface area contributed by atoms with Crippen molar-refractivity contribution in [1.82, 2.24) is 9.97 Å². The number of rotatable bonds is 3. The Morgan fingerprint density at radius 3 is 2.25 bits per heavy atom. The fraction of sp³-hybridized carbons (Fsp3) is 0.154. The van der Waals surface area contributed by atoms with E-state index in [0.29, 0.717) is 5.56 Å². The smallest absolute Gasteiger partial charge is 0.279 e. The number of Topliss-reactive ketones (excluding diaryl/α,β-unsaturated/α-hetero) is 1. The van der Waals surface area contributed by atoms with Crippen molar-refractivity contribution in [3.8, 4) is 11.4 Å². The quantitative estimate of drug-likeness (QED) is 0.495. The Morgan fingerprint density at radius 2 is 1.75 bits per heavy atom. The summed E-state index contributed by atoms with van der Waals surface area (Å²) < 4.78 is 23.2. The number of aromatic nitrogens is 2. The zero-order valence-electron chi connectivity index (χ0n) is 10.8. The molecule has 7 heteroatoms. The highest BCUT2D eigenvalue weighted by molar-refractivity contribution is 8.13. The molecule has 20 heavy (non-hydrogen) atoms. The van der Waals surface area contributed by atoms with E-state index >= 15 is 0 Å². The SMILES string of the molecule is CC(=O)c1c(C)nc(-c2ccccc2)nc1S(=O)(=O)Cl. The van der Waals surface area contributed by atoms with Crippen LogP contribution in [-0.4, -0.2) is 24.2 Å². The molecule has 0 saturated carbocycles. The molecule has 0 N–H and O–H groups in total. The van der Waals surface area contributed by atoms with Gasteiger partial charge in [0.05, 0.1) is 11.3 Å². The van der Waals surface area contributed by atoms with Crippen molar-refractivity contribution < 1.29 is 13.2 Å². The predicted molar refractivity (Wildman–Crippen MR) is 75.2 cm³/mol. The molecular weight excluding hydrogens is 300 g/mol. The van der Waals surface area contributed by atoms with Crippen LogP contribution in [0.25, 0.3) is 11.4 Å². The van der Waals surface area contributed by atoms with Crippen molar-refractivity contribution in [1.29, 1.82) is 0 Å². The van der Waals surface area contributed by atoms with Gasteiger partial charge < -0.3 is 0 Å². The summed E-state index contributed by atoms with van der Waals surface area (Å²) in [4.78, 5) is 19.7. The predicted octanol–water partition coefficient (Wildman–Crippen LogP) is 2.58. The highest BCUT2D eigenvalue weighted by atomic mass is 35.7. The van der Waals surface area contributed by atoms with Crippen LogP contribution in [0.2, 0.25) is 0 Å². The second-order valence-corrected chi connectivity index (χ2v) is 6.65. The average molecular weight is 311 g/mol. The van der Waals surface area contributed by atoms with E-state index in [-0.39, 0.29) is 17.1 Å². The van der Waals surface area contributed by atoms with Crippen molar-refractivity contribution in [2.75, 3.05) is 0 Å². The topological polar surface area (TPSA) is 77.0 Å². The van der Waals surface area contributed by atoms with Gasteiger partial charge in [0, 0.05) is 16.2 Å². The van der Waals surface area contributed by atoms with Gasteiger partial charge in [-0.2, -0.15) is 0 Å². The Bertz CT molecular complexity index is 774. The number of nitrogens with zero attached hydrogens (tertiary/aromatic N) is 2. The number of hydrogen-bond acceptors (Lipinski definition) is 5. The summed E-state index contributed by atoms with van der Waals surface area (Å²) >= 11 is 0. The first-order chi connectivity index (χ1) is 9.30. The molecule has 1 aromatic heterocycles. The zero-order chi connectivity index (χ0) is 14.9. The lowest BCUT2D eigenvalue weighted by Gasteiger charge is -2.09. The molecule has 5 nitrogen and oxygen atoms in total. The molecule has 0 amide bonds. The third-order valence-electron chi connectivity index (χ3n) is 2.67. The Kier molecular flexibility index (Phi) is 3.87. The van der Waals surface area contributed by atoms with Gasteiger partial charge in [0.2, 0.25) is 0 Å². The second-order valence-electron chi connectivity index (χ2n) is 4.17. The lowest BCUT2D eigenvalue weighted by molar-refractivity contribution is 0.101. The van der Waals surface area contributed by atoms with Crippen molar-refractivity contribution in [3.63, 3.8) is 0 Å². The van der Waals surface area contributed by atoms with E-state index in [2.05, 4.69) is 9.97 Å². The lowest BCUT2D eigenvalue weighted by atomic mass is 10.1. The summed E-state index contributed by atoms with van der Waals surface area (Å²) in [6.07, 6.45) is 0. The minimum atomic E-state index is -4.13. The molecule has 0 bridgehead atoms. The summed E-state index contributed by atoms with van der Waals surface area (Å²) in [5, 5.41) is -0.446. The Labute approximate surface area is 121 Å². The van der Waals surface area contributed by atoms with Crippen molar-refractivity contribution in [2.45, 2.75) is 18.9 Å². The first-order valence-electron chi connectivity index (χ1n) is 5.70. The van der Waals surface area contributed by atoms with E-state index in [1.807, 2.05) is 6.07 Å². The summed E-state index contributed by atoms with van der Waals surface area (Å²) in [6.45, 7) is 2.80. The van der Waals surface area contributed by atoms with Crippen molar-refractivity contribution >= 4 is 25.5 Å². The molecule has 2 rings (SSSR count). The summed E-state index contributed by atoms with van der Waals surface area (Å²) in [5.74, 6) is -0.228. The first-order valence-corrected chi connectivity index (χ1v) is 8.01. The zero-order valence-corrected chi connectivity index (χ0v) is 12.4. The maximum atomic E-state index is 11.6. The maximum absolute atomic E-state index is 11.6. The van der Waals surface area contributed by atoms with E-state index in [1.54, 1.807) is 31.2 Å². The molecular formula is C13H11ClN2O3S. The number of ketones is 1. The molecule has 0 aliphatic carbocycles. The largest absolute Gasteiger partial charge is 0.294 e. The van der Waals surface area contributed by atoms with Gasteiger partial charge in [0.25, 0.3) is 9.05 Å². The van der Waals surface area contributed by atoms with Crippen LogP contribution < -0.4 is 0 Å². The Morgan fingerprint density at radius 1 is 1.15 bits per heavy atom. The molecule has 0 saturated heterocycles. The van der Waals surface area contributed by atoms with E-state index in [0.717, 1.165) is 0 Å². The van der Waals surface area contributed by atoms with Gasteiger partial charge >= 0.3 is 0 Å². The summed E-state index contributed by atoms with van der Waals surface area (Å²) in [7, 11) is 1.24. The van der Waals surface area contributed by atoms with E-state index < -0.39 is 19.9 Å². The number of hydrogen-bond donors (Lipinski definition) is 0. The number of benzene rings is 1. The van der Waals surface area contributed by atoms with Crippen LogP contribution in [0.15, 0.2) is 35.4 Å². The number of carbonyl (C=O) groups excluding carboxylic acids is 1. The Balaban J connectivity index is 2.78. The number of aryl methyl sites for hydroxylation is 1. The molecule has 0 fully saturated rings. The molecule has 0 spiro atoms. The van der Waals surface area contributed by atoms with E-state index in [1.165, 1.54) is 6.92 Å². The van der Waals surface area contributed by atoms with E-state index in [9.17, 15) is 13.2 Å². The molecule has 104 valence electrons. The van der Waals surface area contributed by atoms with Crippen LogP contribution in [0.4, 0.5) is 0 Å². The van der Waals surface area contributed by atoms with Crippen molar-refractivity contribution in [2.24, 2.45) is 0 Å². The van der Waals surface area contributed by atoms with Gasteiger partial charge in [-0.3, -0.25) is 4.79 Å². The summed E-state index contributed by atoms with van der Waals surface area (Å²) in [5.41, 5.74) is 0.859. The van der Waals surface area contributed by atoms with Crippen LogP contribution in [0, 0.1) is 6.92 Å². The fourth-order valence-electron chi connectivity index (χ4n) is 1.84. The third-order valence-corrected chi connectivity index (χ3v) is 3.87. The summed E-state index contributed by atoms with van der Waals surface area (Å²) in [6, 6.07) is 8.86. The highest BCUT2D eigenvalue weighted by Crippen LogP contribution is 2.24. The molecule has 0 unspecified atom stereocenters. The van der Waals surface area contributed by atoms with Crippen LogP contribution >= 0.6 is 10.7 Å². The van der Waals surface area contributed by atoms with E-state index in [4.69, 9.17) is 10.7 Å². The number of halogens is 1. The molecule has 1 aromatic carbocycles. The van der Waals surface area contributed by atoms with Gasteiger partial charge in [-0.15, -0.1) is 0 Å². The average Bonchev–Trinajstić information content (AvgIpc) is 2.37. The third kappa shape index (κ3) is 2.86. The van der Waals surface area contributed by atoms with Gasteiger partial charge in [0.15, 0.2) is 16.6 Å². The van der Waals surface area contributed by atoms with Gasteiger partial charge in [-0.05, 0) is 13.8 Å². The van der Waals surface area contributed by atoms with Crippen LogP contribution in [0.5, 0.6) is 0 Å². The van der Waals surface area contributed by atoms with Crippen molar-refractivity contribution in [3.05, 3.63) is 41.6 Å². The normalized spacial score (nSPS) is 11.3. The molecule has 0 atom stereocenters. The highest BCUT2D eigenvalue weighted by Gasteiger charge is 2.24. The minimum Gasteiger partial charge on any atom is -0.294 e. The number of carbonyl (C=O) groups is 1. The monoisotopic (exact) mass is 310 g/mol. The second kappa shape index (κ2) is 5.30. The van der Waals surface area contributed by atoms with Crippen LogP contribution in [0.1, 0.15) is 23.0 Å².